The monoisotopic (exact) mass is 251 g/mol. The molecule has 0 aliphatic rings. The summed E-state index contributed by atoms with van der Waals surface area (Å²) in [5.41, 5.74) is 1.05. The Bertz CT molecular complexity index is 349. The highest BCUT2D eigenvalue weighted by Gasteiger charge is 2.01. The van der Waals surface area contributed by atoms with Gasteiger partial charge in [-0.2, -0.15) is 0 Å². The van der Waals surface area contributed by atoms with Crippen LogP contribution in [0.25, 0.3) is 0 Å². The second-order valence-electron chi connectivity index (χ2n) is 4.11. The third-order valence-electron chi connectivity index (χ3n) is 2.55. The number of carbonyl (C=O) groups excluding carboxylic acids is 1. The maximum absolute atomic E-state index is 11.4. The van der Waals surface area contributed by atoms with E-state index in [9.17, 15) is 4.79 Å². The summed E-state index contributed by atoms with van der Waals surface area (Å²) in [6.07, 6.45) is 2.69. The molecule has 1 aromatic rings. The fourth-order valence-electron chi connectivity index (χ4n) is 1.49. The van der Waals surface area contributed by atoms with Gasteiger partial charge in [-0.1, -0.05) is 25.5 Å². The van der Waals surface area contributed by atoms with Gasteiger partial charge < -0.3 is 15.2 Å². The molecule has 0 saturated carbocycles. The number of ether oxygens (including phenoxy) is 1. The van der Waals surface area contributed by atoms with Gasteiger partial charge in [0.25, 0.3) is 5.91 Å². The smallest absolute Gasteiger partial charge is 0.257 e. The molecule has 1 aromatic carbocycles. The number of benzene rings is 1. The van der Waals surface area contributed by atoms with E-state index in [0.29, 0.717) is 18.7 Å². The van der Waals surface area contributed by atoms with Crippen LogP contribution in [0.15, 0.2) is 24.3 Å². The van der Waals surface area contributed by atoms with Crippen LogP contribution in [0, 0.1) is 0 Å². The van der Waals surface area contributed by atoms with E-state index in [1.54, 1.807) is 0 Å². The highest BCUT2D eigenvalue weighted by Crippen LogP contribution is 2.12. The van der Waals surface area contributed by atoms with Crippen molar-refractivity contribution in [3.05, 3.63) is 29.8 Å². The molecule has 0 spiro atoms. The van der Waals surface area contributed by atoms with Crippen LogP contribution in [0.1, 0.15) is 25.3 Å². The molecule has 0 heterocycles. The zero-order chi connectivity index (χ0) is 13.2. The molecule has 2 N–H and O–H groups in total. The first kappa shape index (κ1) is 14.5. The number of nitrogens with one attached hydrogen (secondary N) is 1. The van der Waals surface area contributed by atoms with E-state index in [4.69, 9.17) is 9.84 Å². The predicted molar refractivity (Wildman–Crippen MR) is 70.6 cm³/mol. The normalized spacial score (nSPS) is 10.1. The molecule has 0 fully saturated rings. The Morgan fingerprint density at radius 3 is 2.67 bits per heavy atom. The third kappa shape index (κ3) is 5.68. The van der Waals surface area contributed by atoms with Crippen molar-refractivity contribution >= 4 is 5.91 Å². The lowest BCUT2D eigenvalue weighted by Gasteiger charge is -2.07. The highest BCUT2D eigenvalue weighted by atomic mass is 16.5. The van der Waals surface area contributed by atoms with Gasteiger partial charge >= 0.3 is 0 Å². The first-order valence-corrected chi connectivity index (χ1v) is 6.35. The Balaban J connectivity index is 2.27. The summed E-state index contributed by atoms with van der Waals surface area (Å²) < 4.78 is 5.36. The number of amides is 1. The van der Waals surface area contributed by atoms with Crippen molar-refractivity contribution in [2.75, 3.05) is 19.8 Å². The SMILES string of the molecule is CCCCNC(=O)COc1ccc(CCO)cc1. The standard InChI is InChI=1S/C14H21NO3/c1-2-3-9-15-14(17)11-18-13-6-4-12(5-7-13)8-10-16/h4-7,16H,2-3,8-11H2,1H3,(H,15,17). The Kier molecular flexibility index (Phi) is 6.87. The third-order valence-corrected chi connectivity index (χ3v) is 2.55. The Labute approximate surface area is 108 Å². The lowest BCUT2D eigenvalue weighted by Crippen LogP contribution is -2.29. The van der Waals surface area contributed by atoms with Crippen LogP contribution in [-0.2, 0) is 11.2 Å². The molecule has 0 atom stereocenters. The molecule has 1 amide bonds. The molecule has 0 aromatic heterocycles. The molecule has 0 aliphatic heterocycles. The lowest BCUT2D eigenvalue weighted by atomic mass is 10.1. The van der Waals surface area contributed by atoms with Crippen LogP contribution in [0.3, 0.4) is 0 Å². The molecule has 0 bridgehead atoms. The summed E-state index contributed by atoms with van der Waals surface area (Å²) in [6, 6.07) is 7.40. The van der Waals surface area contributed by atoms with E-state index < -0.39 is 0 Å². The zero-order valence-corrected chi connectivity index (χ0v) is 10.8. The van der Waals surface area contributed by atoms with E-state index in [1.165, 1.54) is 0 Å². The minimum atomic E-state index is -0.0946. The predicted octanol–water partition coefficient (Wildman–Crippen LogP) is 1.52. The van der Waals surface area contributed by atoms with Gasteiger partial charge in [-0.05, 0) is 30.5 Å². The number of hydrogen-bond donors (Lipinski definition) is 2. The number of rotatable bonds is 8. The number of hydrogen-bond acceptors (Lipinski definition) is 3. The lowest BCUT2D eigenvalue weighted by molar-refractivity contribution is -0.123. The second-order valence-corrected chi connectivity index (χ2v) is 4.11. The summed E-state index contributed by atoms with van der Waals surface area (Å²) in [4.78, 5) is 11.4. The molecule has 0 aliphatic carbocycles. The van der Waals surface area contributed by atoms with Gasteiger partial charge in [-0.25, -0.2) is 0 Å². The molecule has 4 nitrogen and oxygen atoms in total. The van der Waals surface area contributed by atoms with Crippen LogP contribution in [-0.4, -0.2) is 30.8 Å². The Morgan fingerprint density at radius 2 is 2.06 bits per heavy atom. The molecule has 100 valence electrons. The summed E-state index contributed by atoms with van der Waals surface area (Å²) in [5.74, 6) is 0.574. The van der Waals surface area contributed by atoms with Crippen molar-refractivity contribution in [1.82, 2.24) is 5.32 Å². The van der Waals surface area contributed by atoms with Gasteiger partial charge in [-0.15, -0.1) is 0 Å². The number of aliphatic hydroxyl groups is 1. The molecule has 1 rings (SSSR count). The van der Waals surface area contributed by atoms with Gasteiger partial charge in [0.05, 0.1) is 0 Å². The van der Waals surface area contributed by atoms with Crippen LogP contribution in [0.5, 0.6) is 5.75 Å². The number of aliphatic hydroxyl groups excluding tert-OH is 1. The van der Waals surface area contributed by atoms with Crippen LogP contribution in [0.2, 0.25) is 0 Å². The van der Waals surface area contributed by atoms with Crippen LogP contribution < -0.4 is 10.1 Å². The number of unbranched alkanes of at least 4 members (excludes halogenated alkanes) is 1. The summed E-state index contributed by atoms with van der Waals surface area (Å²) in [6.45, 7) is 2.97. The van der Waals surface area contributed by atoms with Gasteiger partial charge in [0.15, 0.2) is 6.61 Å². The Morgan fingerprint density at radius 1 is 1.33 bits per heavy atom. The molecule has 0 radical (unpaired) electrons. The molecule has 0 saturated heterocycles. The highest BCUT2D eigenvalue weighted by molar-refractivity contribution is 5.77. The zero-order valence-electron chi connectivity index (χ0n) is 10.8. The van der Waals surface area contributed by atoms with Crippen molar-refractivity contribution in [2.24, 2.45) is 0 Å². The van der Waals surface area contributed by atoms with Gasteiger partial charge in [0.1, 0.15) is 5.75 Å². The second kappa shape index (κ2) is 8.53. The molecule has 18 heavy (non-hydrogen) atoms. The summed E-state index contributed by atoms with van der Waals surface area (Å²) >= 11 is 0. The maximum Gasteiger partial charge on any atom is 0.257 e. The maximum atomic E-state index is 11.4. The first-order valence-electron chi connectivity index (χ1n) is 6.35. The van der Waals surface area contributed by atoms with Crippen molar-refractivity contribution in [1.29, 1.82) is 0 Å². The fourth-order valence-corrected chi connectivity index (χ4v) is 1.49. The average Bonchev–Trinajstić information content (AvgIpc) is 2.39. The minimum absolute atomic E-state index is 0.0447. The molecular weight excluding hydrogens is 230 g/mol. The van der Waals surface area contributed by atoms with E-state index in [1.807, 2.05) is 24.3 Å². The fraction of sp³-hybridized carbons (Fsp3) is 0.500. The Hall–Kier alpha value is -1.55. The van der Waals surface area contributed by atoms with Gasteiger partial charge in [-0.3, -0.25) is 4.79 Å². The van der Waals surface area contributed by atoms with E-state index >= 15 is 0 Å². The quantitative estimate of drug-likeness (QED) is 0.689. The van der Waals surface area contributed by atoms with Crippen LogP contribution in [0.4, 0.5) is 0 Å². The molecular formula is C14H21NO3. The first-order chi connectivity index (χ1) is 8.76. The van der Waals surface area contributed by atoms with Crippen molar-refractivity contribution in [2.45, 2.75) is 26.2 Å². The summed E-state index contributed by atoms with van der Waals surface area (Å²) in [5, 5.41) is 11.6. The van der Waals surface area contributed by atoms with E-state index in [0.717, 1.165) is 18.4 Å². The topological polar surface area (TPSA) is 58.6 Å². The minimum Gasteiger partial charge on any atom is -0.484 e. The van der Waals surface area contributed by atoms with Crippen LogP contribution >= 0.6 is 0 Å². The van der Waals surface area contributed by atoms with Crippen molar-refractivity contribution in [3.8, 4) is 5.75 Å². The molecule has 0 unspecified atom stereocenters. The van der Waals surface area contributed by atoms with Crippen molar-refractivity contribution < 1.29 is 14.6 Å². The summed E-state index contributed by atoms with van der Waals surface area (Å²) in [7, 11) is 0. The largest absolute Gasteiger partial charge is 0.484 e. The van der Waals surface area contributed by atoms with E-state index in [-0.39, 0.29) is 19.1 Å². The molecule has 4 heteroatoms. The van der Waals surface area contributed by atoms with Crippen molar-refractivity contribution in [3.63, 3.8) is 0 Å². The average molecular weight is 251 g/mol. The number of carbonyl (C=O) groups is 1. The van der Waals surface area contributed by atoms with Gasteiger partial charge in [0, 0.05) is 13.2 Å². The van der Waals surface area contributed by atoms with E-state index in [2.05, 4.69) is 12.2 Å². The van der Waals surface area contributed by atoms with Gasteiger partial charge in [0.2, 0.25) is 0 Å².